The number of phenols is 1. The van der Waals surface area contributed by atoms with E-state index in [1.165, 1.54) is 24.3 Å². The molecule has 0 fully saturated rings. The lowest BCUT2D eigenvalue weighted by Gasteiger charge is -2.18. The largest absolute Gasteiger partial charge is 0.744 e. The van der Waals surface area contributed by atoms with Gasteiger partial charge in [-0.15, -0.1) is 5.11 Å². The zero-order valence-corrected chi connectivity index (χ0v) is 31.4. The van der Waals surface area contributed by atoms with Gasteiger partial charge >= 0.3 is 5.97 Å². The van der Waals surface area contributed by atoms with Crippen molar-refractivity contribution < 1.29 is 66.9 Å². The summed E-state index contributed by atoms with van der Waals surface area (Å²) in [7, 11) is -21.0. The van der Waals surface area contributed by atoms with Crippen LogP contribution in [0.4, 0.5) is 34.6 Å². The first-order chi connectivity index (χ1) is 26.4. The van der Waals surface area contributed by atoms with Gasteiger partial charge in [0.05, 0.1) is 42.2 Å². The number of benzene rings is 5. The number of hydrogen-bond donors (Lipinski definition) is 4. The number of carboxylic acids is 1. The number of nitrogens with one attached hydrogen (secondary N) is 2. The molecule has 6 rings (SSSR count). The second-order valence-corrected chi connectivity index (χ2v) is 17.1. The molecule has 0 aliphatic carbocycles. The number of rotatable bonds is 11. The van der Waals surface area contributed by atoms with Crippen molar-refractivity contribution in [2.45, 2.75) is 19.6 Å². The predicted octanol–water partition coefficient (Wildman–Crippen LogP) is 3.75. The molecule has 6 aromatic rings. The summed E-state index contributed by atoms with van der Waals surface area (Å²) in [6.07, 6.45) is 0. The van der Waals surface area contributed by atoms with Crippen molar-refractivity contribution in [3.05, 3.63) is 83.6 Å². The average molecular weight is 878 g/mol. The van der Waals surface area contributed by atoms with Gasteiger partial charge in [0.25, 0.3) is 0 Å². The average Bonchev–Trinajstić information content (AvgIpc) is 3.08. The number of anilines is 4. The second kappa shape index (κ2) is 14.5. The number of carboxylic acid groups (broad SMARTS) is 1. The molecule has 5 aromatic carbocycles. The number of phenolic OH excluding ortho intramolecular Hbond substituents is 1. The van der Waals surface area contributed by atoms with Crippen LogP contribution in [-0.2, 0) is 40.5 Å². The predicted molar refractivity (Wildman–Crippen MR) is 190 cm³/mol. The highest BCUT2D eigenvalue weighted by atomic mass is 35.5. The van der Waals surface area contributed by atoms with Crippen LogP contribution in [0.15, 0.2) is 103 Å². The number of nitrogens with zero attached hydrogens (tertiary/aromatic N) is 5. The van der Waals surface area contributed by atoms with Gasteiger partial charge in [0.2, 0.25) is 17.2 Å². The lowest BCUT2D eigenvalue weighted by atomic mass is 10.1. The van der Waals surface area contributed by atoms with Gasteiger partial charge in [0, 0.05) is 10.8 Å². The minimum Gasteiger partial charge on any atom is -0.744 e. The minimum absolute atomic E-state index is 0.0994. The highest BCUT2D eigenvalue weighted by Crippen LogP contribution is 2.46. The number of aromatic hydroxyl groups is 1. The molecule has 57 heavy (non-hydrogen) atoms. The number of fused-ring (bicyclic) bond motifs is 2. The Kier molecular flexibility index (Phi) is 10.4. The van der Waals surface area contributed by atoms with Gasteiger partial charge in [-0.3, -0.25) is 0 Å². The van der Waals surface area contributed by atoms with Gasteiger partial charge in [0.15, 0.2) is 5.75 Å². The summed E-state index contributed by atoms with van der Waals surface area (Å²) in [6.45, 7) is 0. The van der Waals surface area contributed by atoms with Crippen LogP contribution in [0.5, 0.6) is 5.75 Å². The van der Waals surface area contributed by atoms with Gasteiger partial charge in [-0.2, -0.15) is 20.1 Å². The van der Waals surface area contributed by atoms with Crippen molar-refractivity contribution >= 4 is 114 Å². The Morgan fingerprint density at radius 2 is 1.28 bits per heavy atom. The molecule has 0 aliphatic rings. The number of aromatic nitrogens is 3. The first kappa shape index (κ1) is 40.7. The first-order valence-electron chi connectivity index (χ1n) is 14.8. The van der Waals surface area contributed by atoms with Crippen LogP contribution >= 0.6 is 11.6 Å². The maximum Gasteiger partial charge on any atom is 0.337 e. The van der Waals surface area contributed by atoms with Crippen molar-refractivity contribution in [3.8, 4) is 5.75 Å². The molecular weight excluding hydrogens is 862 g/mol. The van der Waals surface area contributed by atoms with Crippen LogP contribution in [0.1, 0.15) is 10.4 Å². The summed E-state index contributed by atoms with van der Waals surface area (Å²) < 4.78 is 143. The van der Waals surface area contributed by atoms with E-state index in [-0.39, 0.29) is 22.1 Å². The van der Waals surface area contributed by atoms with E-state index in [1.807, 2.05) is 0 Å². The minimum atomic E-state index is -5.58. The van der Waals surface area contributed by atoms with Crippen molar-refractivity contribution in [3.63, 3.8) is 0 Å². The zero-order valence-electron chi connectivity index (χ0n) is 27.4. The summed E-state index contributed by atoms with van der Waals surface area (Å²) in [5, 5.41) is 32.0. The molecule has 1 aromatic heterocycles. The molecule has 0 spiro atoms. The molecule has 0 saturated carbocycles. The van der Waals surface area contributed by atoms with E-state index in [2.05, 4.69) is 35.8 Å². The van der Waals surface area contributed by atoms with E-state index in [4.69, 9.17) is 11.6 Å². The number of carbonyl (C=O) groups is 1. The standard InChI is InChI=1S/C30H20ClN7O15S4/c31-28-34-29(32-20-7-6-16(54(42,43)44)11-19(20)27(40)41)36-30(35-28)33-21-12-17(55(45,46)47)8-14-9-23(57(51,52)53)25(26(39)24(14)21)38-37-15-5-4-13-2-1-3-22(18(13)10-15)56(48,49)50/h1-12,39H,(H,40,41)(H,42,43,44)(H,45,46,47)(H,48,49,50)(H,51,52,53)(H2,32,33,34,35,36)/p-4. The van der Waals surface area contributed by atoms with Gasteiger partial charge in [0.1, 0.15) is 46.2 Å². The van der Waals surface area contributed by atoms with Crippen LogP contribution < -0.4 is 10.6 Å². The van der Waals surface area contributed by atoms with E-state index >= 15 is 0 Å². The molecule has 0 radical (unpaired) electrons. The van der Waals surface area contributed by atoms with E-state index in [0.29, 0.717) is 24.3 Å². The molecule has 27 heteroatoms. The Hall–Kier alpha value is -5.97. The highest BCUT2D eigenvalue weighted by Gasteiger charge is 2.23. The van der Waals surface area contributed by atoms with Gasteiger partial charge in [-0.25, -0.2) is 38.5 Å². The number of azo groups is 1. The summed E-state index contributed by atoms with van der Waals surface area (Å²) in [4.78, 5) is 19.6. The fraction of sp³-hybridized carbons (Fsp3) is 0. The summed E-state index contributed by atoms with van der Waals surface area (Å²) in [5.41, 5.74) is -2.87. The van der Waals surface area contributed by atoms with Crippen LogP contribution in [0.3, 0.4) is 0 Å². The van der Waals surface area contributed by atoms with E-state index in [0.717, 1.165) is 24.3 Å². The van der Waals surface area contributed by atoms with Gasteiger partial charge in [-0.05, 0) is 77.0 Å². The van der Waals surface area contributed by atoms with Crippen LogP contribution in [0.2, 0.25) is 5.28 Å². The maximum absolute atomic E-state index is 12.4. The molecule has 0 amide bonds. The third kappa shape index (κ3) is 8.72. The monoisotopic (exact) mass is 877 g/mol. The molecule has 296 valence electrons. The van der Waals surface area contributed by atoms with Crippen molar-refractivity contribution in [1.29, 1.82) is 0 Å². The summed E-state index contributed by atoms with van der Waals surface area (Å²) in [6, 6.07) is 11.6. The zero-order chi connectivity index (χ0) is 41.8. The normalized spacial score (nSPS) is 12.6. The van der Waals surface area contributed by atoms with Gasteiger partial charge < -0.3 is 39.1 Å². The Labute approximate surface area is 324 Å². The van der Waals surface area contributed by atoms with E-state index < -0.39 is 117 Å². The number of halogens is 1. The molecule has 0 unspecified atom stereocenters. The van der Waals surface area contributed by atoms with E-state index in [9.17, 15) is 66.9 Å². The lowest BCUT2D eigenvalue weighted by Crippen LogP contribution is -2.09. The molecule has 0 saturated heterocycles. The quantitative estimate of drug-likeness (QED) is 0.106. The number of hydrogen-bond acceptors (Lipinski definition) is 21. The second-order valence-electron chi connectivity index (χ2n) is 11.3. The fourth-order valence-corrected chi connectivity index (χ4v) is 7.80. The van der Waals surface area contributed by atoms with Crippen LogP contribution in [0, 0.1) is 0 Å². The van der Waals surface area contributed by atoms with Gasteiger partial charge in [-0.1, -0.05) is 18.2 Å². The van der Waals surface area contributed by atoms with Crippen molar-refractivity contribution in [2.75, 3.05) is 10.6 Å². The molecule has 1 heterocycles. The molecular formula is C30H16ClN7O15S4-4. The lowest BCUT2D eigenvalue weighted by molar-refractivity contribution is 0.0697. The smallest absolute Gasteiger partial charge is 0.337 e. The maximum atomic E-state index is 12.4. The number of aromatic carboxylic acids is 1. The Morgan fingerprint density at radius 1 is 0.649 bits per heavy atom. The highest BCUT2D eigenvalue weighted by molar-refractivity contribution is 7.86. The SMILES string of the molecule is O=C(O)c1cc(S(=O)(=O)[O-])ccc1Nc1nc(Cl)nc(Nc2cc(S(=O)(=O)[O-])cc3cc(S(=O)(=O)[O-])c(N=Nc4ccc5cccc(S(=O)(=O)[O-])c5c4)c(O)c23)n1. The molecule has 0 atom stereocenters. The summed E-state index contributed by atoms with van der Waals surface area (Å²) >= 11 is 6.04. The topological polar surface area (TPSA) is 374 Å². The van der Waals surface area contributed by atoms with Crippen molar-refractivity contribution in [1.82, 2.24) is 15.0 Å². The molecule has 0 bridgehead atoms. The third-order valence-electron chi connectivity index (χ3n) is 7.65. The van der Waals surface area contributed by atoms with Crippen LogP contribution in [-0.4, -0.2) is 83.0 Å². The molecule has 0 aliphatic heterocycles. The third-order valence-corrected chi connectivity index (χ3v) is 11.2. The summed E-state index contributed by atoms with van der Waals surface area (Å²) in [5.74, 6) is -3.99. The Balaban J connectivity index is 1.51. The fourth-order valence-electron chi connectivity index (χ4n) is 5.28. The Morgan fingerprint density at radius 3 is 1.88 bits per heavy atom. The first-order valence-corrected chi connectivity index (χ1v) is 20.9. The van der Waals surface area contributed by atoms with E-state index in [1.54, 1.807) is 0 Å². The molecule has 22 nitrogen and oxygen atoms in total. The van der Waals surface area contributed by atoms with Crippen molar-refractivity contribution in [2.24, 2.45) is 10.2 Å². The Bertz CT molecular complexity index is 3200. The van der Waals surface area contributed by atoms with Crippen LogP contribution in [0.25, 0.3) is 21.5 Å². The molecule has 4 N–H and O–H groups in total.